The van der Waals surface area contributed by atoms with Gasteiger partial charge in [0.1, 0.15) is 0 Å². The zero-order valence-corrected chi connectivity index (χ0v) is 9.37. The minimum absolute atomic E-state index is 0.222. The third kappa shape index (κ3) is 2.32. The van der Waals surface area contributed by atoms with Crippen LogP contribution in [0.25, 0.3) is 0 Å². The number of hydrogen-bond acceptors (Lipinski definition) is 3. The van der Waals surface area contributed by atoms with Gasteiger partial charge < -0.3 is 15.0 Å². The fourth-order valence-electron chi connectivity index (χ4n) is 2.75. The molecule has 1 N–H and O–H groups in total. The maximum atomic E-state index is 11.9. The first-order valence-corrected chi connectivity index (χ1v) is 5.84. The summed E-state index contributed by atoms with van der Waals surface area (Å²) < 4.78 is 5.55. The van der Waals surface area contributed by atoms with Crippen molar-refractivity contribution in [3.05, 3.63) is 0 Å². The van der Waals surface area contributed by atoms with Crippen molar-refractivity contribution in [1.82, 2.24) is 10.2 Å². The summed E-state index contributed by atoms with van der Waals surface area (Å²) in [7, 11) is 1.82. The molecule has 0 unspecified atom stereocenters. The Balaban J connectivity index is 2.03. The molecule has 86 valence electrons. The van der Waals surface area contributed by atoms with Crippen LogP contribution in [0.5, 0.6) is 0 Å². The van der Waals surface area contributed by atoms with E-state index in [-0.39, 0.29) is 5.91 Å². The standard InChI is InChI=1S/C11H20N2O2/c1-12-7-11(14)13-5-6-15-8-9-3-2-4-10(9)13/h9-10,12H,2-8H2,1H3/t9-,10-/m1/s1. The lowest BCUT2D eigenvalue weighted by Crippen LogP contribution is -2.45. The predicted molar refractivity (Wildman–Crippen MR) is 57.6 cm³/mol. The van der Waals surface area contributed by atoms with Crippen LogP contribution in [0.1, 0.15) is 19.3 Å². The summed E-state index contributed by atoms with van der Waals surface area (Å²) in [6, 6.07) is 0.438. The Morgan fingerprint density at radius 1 is 1.53 bits per heavy atom. The number of likely N-dealkylation sites (N-methyl/N-ethyl adjacent to an activating group) is 1. The van der Waals surface area contributed by atoms with Gasteiger partial charge in [-0.3, -0.25) is 4.79 Å². The van der Waals surface area contributed by atoms with Crippen LogP contribution in [-0.4, -0.2) is 50.2 Å². The largest absolute Gasteiger partial charge is 0.379 e. The molecule has 1 heterocycles. The van der Waals surface area contributed by atoms with Crippen LogP contribution in [0.15, 0.2) is 0 Å². The van der Waals surface area contributed by atoms with Crippen molar-refractivity contribution in [3.63, 3.8) is 0 Å². The molecule has 1 saturated heterocycles. The first-order chi connectivity index (χ1) is 7.33. The maximum absolute atomic E-state index is 11.9. The van der Waals surface area contributed by atoms with Crippen LogP contribution in [0.3, 0.4) is 0 Å². The zero-order chi connectivity index (χ0) is 10.7. The Morgan fingerprint density at radius 2 is 2.40 bits per heavy atom. The van der Waals surface area contributed by atoms with Crippen molar-refractivity contribution >= 4 is 5.91 Å². The number of amides is 1. The number of ether oxygens (including phenoxy) is 1. The van der Waals surface area contributed by atoms with E-state index in [0.717, 1.165) is 19.6 Å². The molecule has 1 aliphatic carbocycles. The molecule has 4 heteroatoms. The summed E-state index contributed by atoms with van der Waals surface area (Å²) >= 11 is 0. The molecule has 0 radical (unpaired) electrons. The number of nitrogens with one attached hydrogen (secondary N) is 1. The third-order valence-electron chi connectivity index (χ3n) is 3.48. The molecular weight excluding hydrogens is 192 g/mol. The van der Waals surface area contributed by atoms with E-state index in [1.807, 2.05) is 11.9 Å². The van der Waals surface area contributed by atoms with E-state index in [9.17, 15) is 4.79 Å². The third-order valence-corrected chi connectivity index (χ3v) is 3.48. The minimum Gasteiger partial charge on any atom is -0.379 e. The van der Waals surface area contributed by atoms with E-state index in [1.54, 1.807) is 0 Å². The number of carbonyl (C=O) groups is 1. The number of rotatable bonds is 2. The van der Waals surface area contributed by atoms with Gasteiger partial charge in [-0.1, -0.05) is 6.42 Å². The highest BCUT2D eigenvalue weighted by atomic mass is 16.5. The minimum atomic E-state index is 0.222. The Kier molecular flexibility index (Phi) is 3.59. The summed E-state index contributed by atoms with van der Waals surface area (Å²) in [4.78, 5) is 13.9. The molecule has 1 saturated carbocycles. The molecule has 0 aromatic rings. The molecular formula is C11H20N2O2. The molecule has 0 spiro atoms. The lowest BCUT2D eigenvalue weighted by atomic mass is 10.0. The number of carbonyl (C=O) groups excluding carboxylic acids is 1. The van der Waals surface area contributed by atoms with Crippen molar-refractivity contribution < 1.29 is 9.53 Å². The van der Waals surface area contributed by atoms with Gasteiger partial charge in [0, 0.05) is 18.5 Å². The second kappa shape index (κ2) is 4.94. The topological polar surface area (TPSA) is 41.6 Å². The second-order valence-electron chi connectivity index (χ2n) is 4.45. The lowest BCUT2D eigenvalue weighted by Gasteiger charge is -2.29. The molecule has 2 aliphatic rings. The molecule has 2 atom stereocenters. The smallest absolute Gasteiger partial charge is 0.236 e. The molecule has 15 heavy (non-hydrogen) atoms. The molecule has 0 aromatic carbocycles. The van der Waals surface area contributed by atoms with E-state index in [2.05, 4.69) is 5.32 Å². The highest BCUT2D eigenvalue weighted by Crippen LogP contribution is 2.31. The highest BCUT2D eigenvalue weighted by Gasteiger charge is 2.35. The Morgan fingerprint density at radius 3 is 3.20 bits per heavy atom. The average molecular weight is 212 g/mol. The molecule has 2 fully saturated rings. The molecule has 0 aromatic heterocycles. The van der Waals surface area contributed by atoms with E-state index >= 15 is 0 Å². The molecule has 1 amide bonds. The SMILES string of the molecule is CNCC(=O)N1CCOC[C@H]2CCC[C@H]21. The van der Waals surface area contributed by atoms with Crippen LogP contribution >= 0.6 is 0 Å². The number of fused-ring (bicyclic) bond motifs is 1. The van der Waals surface area contributed by atoms with Crippen molar-refractivity contribution in [1.29, 1.82) is 0 Å². The fourth-order valence-corrected chi connectivity index (χ4v) is 2.75. The van der Waals surface area contributed by atoms with E-state index in [4.69, 9.17) is 4.74 Å². The monoisotopic (exact) mass is 212 g/mol. The molecule has 1 aliphatic heterocycles. The quantitative estimate of drug-likeness (QED) is 0.712. The van der Waals surface area contributed by atoms with Gasteiger partial charge in [-0.05, 0) is 19.9 Å². The van der Waals surface area contributed by atoms with Crippen LogP contribution in [-0.2, 0) is 9.53 Å². The van der Waals surface area contributed by atoms with E-state index < -0.39 is 0 Å². The summed E-state index contributed by atoms with van der Waals surface area (Å²) in [6.45, 7) is 2.75. The van der Waals surface area contributed by atoms with Gasteiger partial charge in [0.05, 0.1) is 19.8 Å². The van der Waals surface area contributed by atoms with Gasteiger partial charge in [0.25, 0.3) is 0 Å². The van der Waals surface area contributed by atoms with Gasteiger partial charge >= 0.3 is 0 Å². The summed E-state index contributed by atoms with van der Waals surface area (Å²) in [6.07, 6.45) is 3.61. The first kappa shape index (κ1) is 10.9. The lowest BCUT2D eigenvalue weighted by molar-refractivity contribution is -0.132. The van der Waals surface area contributed by atoms with Crippen molar-refractivity contribution in [2.45, 2.75) is 25.3 Å². The summed E-state index contributed by atoms with van der Waals surface area (Å²) in [5.41, 5.74) is 0. The average Bonchev–Trinajstić information content (AvgIpc) is 2.58. The number of nitrogens with zero attached hydrogens (tertiary/aromatic N) is 1. The predicted octanol–water partition coefficient (Wildman–Crippen LogP) is 0.233. The maximum Gasteiger partial charge on any atom is 0.236 e. The summed E-state index contributed by atoms with van der Waals surface area (Å²) in [5, 5.41) is 2.93. The Labute approximate surface area is 91.0 Å². The summed E-state index contributed by atoms with van der Waals surface area (Å²) in [5.74, 6) is 0.799. The van der Waals surface area contributed by atoms with Crippen LogP contribution in [0, 0.1) is 5.92 Å². The molecule has 2 rings (SSSR count). The normalized spacial score (nSPS) is 31.1. The first-order valence-electron chi connectivity index (χ1n) is 5.84. The van der Waals surface area contributed by atoms with E-state index in [0.29, 0.717) is 25.1 Å². The van der Waals surface area contributed by atoms with Crippen LogP contribution in [0.2, 0.25) is 0 Å². The van der Waals surface area contributed by atoms with Crippen molar-refractivity contribution in [2.24, 2.45) is 5.92 Å². The fraction of sp³-hybridized carbons (Fsp3) is 0.909. The highest BCUT2D eigenvalue weighted by molar-refractivity contribution is 5.78. The van der Waals surface area contributed by atoms with E-state index in [1.165, 1.54) is 12.8 Å². The van der Waals surface area contributed by atoms with Gasteiger partial charge in [-0.15, -0.1) is 0 Å². The number of hydrogen-bond donors (Lipinski definition) is 1. The van der Waals surface area contributed by atoms with Crippen LogP contribution in [0.4, 0.5) is 0 Å². The van der Waals surface area contributed by atoms with Gasteiger partial charge in [-0.2, -0.15) is 0 Å². The van der Waals surface area contributed by atoms with Gasteiger partial charge in [-0.25, -0.2) is 0 Å². The Hall–Kier alpha value is -0.610. The van der Waals surface area contributed by atoms with Crippen LogP contribution < -0.4 is 5.32 Å². The zero-order valence-electron chi connectivity index (χ0n) is 9.37. The van der Waals surface area contributed by atoms with Crippen molar-refractivity contribution in [2.75, 3.05) is 33.4 Å². The second-order valence-corrected chi connectivity index (χ2v) is 4.45. The van der Waals surface area contributed by atoms with Gasteiger partial charge in [0.15, 0.2) is 0 Å². The molecule has 0 bridgehead atoms. The Bertz CT molecular complexity index is 233. The van der Waals surface area contributed by atoms with Crippen molar-refractivity contribution in [3.8, 4) is 0 Å². The molecule has 4 nitrogen and oxygen atoms in total. The van der Waals surface area contributed by atoms with Gasteiger partial charge in [0.2, 0.25) is 5.91 Å².